The third-order valence-corrected chi connectivity index (χ3v) is 3.39. The first-order valence-corrected chi connectivity index (χ1v) is 7.55. The van der Waals surface area contributed by atoms with E-state index in [-0.39, 0.29) is 5.75 Å². The van der Waals surface area contributed by atoms with E-state index in [1.54, 1.807) is 6.07 Å². The summed E-state index contributed by atoms with van der Waals surface area (Å²) >= 11 is 0. The van der Waals surface area contributed by atoms with E-state index >= 15 is 0 Å². The van der Waals surface area contributed by atoms with Gasteiger partial charge in [-0.15, -0.1) is 0 Å². The molecule has 1 aromatic rings. The van der Waals surface area contributed by atoms with Crippen molar-refractivity contribution >= 4 is 6.21 Å². The number of rotatable bonds is 7. The lowest BCUT2D eigenvalue weighted by molar-refractivity contribution is 0.0377. The van der Waals surface area contributed by atoms with E-state index < -0.39 is 0 Å². The highest BCUT2D eigenvalue weighted by Gasteiger charge is 2.08. The first kappa shape index (κ1) is 15.8. The molecule has 1 aliphatic rings. The van der Waals surface area contributed by atoms with E-state index in [2.05, 4.69) is 9.89 Å². The SMILES string of the molecule is CCOc1cc(C=NCCCN2CCOCC2)ccc1O. The van der Waals surface area contributed by atoms with Crippen LogP contribution in [0.1, 0.15) is 18.9 Å². The number of hydrogen-bond donors (Lipinski definition) is 1. The second-order valence-corrected chi connectivity index (χ2v) is 5.00. The van der Waals surface area contributed by atoms with Crippen molar-refractivity contribution in [2.45, 2.75) is 13.3 Å². The van der Waals surface area contributed by atoms with E-state index in [1.807, 2.05) is 25.3 Å². The molecule has 21 heavy (non-hydrogen) atoms. The minimum atomic E-state index is 0.168. The number of aromatic hydroxyl groups is 1. The number of benzene rings is 1. The summed E-state index contributed by atoms with van der Waals surface area (Å²) in [6.07, 6.45) is 2.88. The summed E-state index contributed by atoms with van der Waals surface area (Å²) < 4.78 is 10.7. The van der Waals surface area contributed by atoms with E-state index in [4.69, 9.17) is 9.47 Å². The molecule has 5 nitrogen and oxygen atoms in total. The molecular weight excluding hydrogens is 268 g/mol. The first-order chi connectivity index (χ1) is 10.3. The lowest BCUT2D eigenvalue weighted by Crippen LogP contribution is -2.37. The van der Waals surface area contributed by atoms with Crippen LogP contribution < -0.4 is 4.74 Å². The van der Waals surface area contributed by atoms with Crippen LogP contribution in [0.2, 0.25) is 0 Å². The van der Waals surface area contributed by atoms with Gasteiger partial charge in [0.1, 0.15) is 0 Å². The van der Waals surface area contributed by atoms with E-state index in [0.717, 1.165) is 51.4 Å². The summed E-state index contributed by atoms with van der Waals surface area (Å²) in [7, 11) is 0. The summed E-state index contributed by atoms with van der Waals surface area (Å²) in [5.74, 6) is 0.677. The van der Waals surface area contributed by atoms with Crippen molar-refractivity contribution in [3.05, 3.63) is 23.8 Å². The Kier molecular flexibility index (Phi) is 6.50. The molecule has 1 saturated heterocycles. The molecule has 1 heterocycles. The Morgan fingerprint density at radius 2 is 2.19 bits per heavy atom. The number of aliphatic imine (C=N–C) groups is 1. The molecule has 0 aliphatic carbocycles. The Labute approximate surface area is 126 Å². The van der Waals surface area contributed by atoms with Crippen molar-refractivity contribution in [1.29, 1.82) is 0 Å². The molecule has 116 valence electrons. The van der Waals surface area contributed by atoms with Crippen molar-refractivity contribution in [1.82, 2.24) is 4.90 Å². The highest BCUT2D eigenvalue weighted by atomic mass is 16.5. The van der Waals surface area contributed by atoms with Gasteiger partial charge in [-0.05, 0) is 37.1 Å². The highest BCUT2D eigenvalue weighted by Crippen LogP contribution is 2.26. The predicted molar refractivity (Wildman–Crippen MR) is 83.6 cm³/mol. The molecule has 1 aliphatic heterocycles. The van der Waals surface area contributed by atoms with Crippen LogP contribution in [0.3, 0.4) is 0 Å². The van der Waals surface area contributed by atoms with Crippen LogP contribution in [0.4, 0.5) is 0 Å². The second kappa shape index (κ2) is 8.64. The second-order valence-electron chi connectivity index (χ2n) is 5.00. The smallest absolute Gasteiger partial charge is 0.161 e. The predicted octanol–water partition coefficient (Wildman–Crippen LogP) is 1.93. The van der Waals surface area contributed by atoms with Crippen LogP contribution in [-0.4, -0.2) is 62.2 Å². The zero-order chi connectivity index (χ0) is 14.9. The molecule has 5 heteroatoms. The fraction of sp³-hybridized carbons (Fsp3) is 0.562. The number of hydrogen-bond acceptors (Lipinski definition) is 5. The Balaban J connectivity index is 1.74. The number of phenolic OH excluding ortho intramolecular Hbond substituents is 1. The average Bonchev–Trinajstić information content (AvgIpc) is 2.51. The minimum Gasteiger partial charge on any atom is -0.504 e. The van der Waals surface area contributed by atoms with Crippen LogP contribution in [0, 0.1) is 0 Å². The quantitative estimate of drug-likeness (QED) is 0.616. The standard InChI is InChI=1S/C16H24N2O3/c1-2-21-16-12-14(4-5-15(16)19)13-17-6-3-7-18-8-10-20-11-9-18/h4-5,12-13,19H,2-3,6-11H2,1H3. The van der Waals surface area contributed by atoms with Gasteiger partial charge in [-0.1, -0.05) is 0 Å². The number of ether oxygens (including phenoxy) is 2. The van der Waals surface area contributed by atoms with Crippen molar-refractivity contribution in [3.63, 3.8) is 0 Å². The Bertz CT molecular complexity index is 457. The number of nitrogens with zero attached hydrogens (tertiary/aromatic N) is 2. The van der Waals surface area contributed by atoms with Gasteiger partial charge < -0.3 is 14.6 Å². The summed E-state index contributed by atoms with van der Waals surface area (Å²) in [6.45, 7) is 8.05. The van der Waals surface area contributed by atoms with Crippen molar-refractivity contribution < 1.29 is 14.6 Å². The molecule has 1 N–H and O–H groups in total. The van der Waals surface area contributed by atoms with Gasteiger partial charge in [-0.3, -0.25) is 9.89 Å². The van der Waals surface area contributed by atoms with E-state index in [0.29, 0.717) is 12.4 Å². The van der Waals surface area contributed by atoms with Gasteiger partial charge in [0.05, 0.1) is 19.8 Å². The van der Waals surface area contributed by atoms with Crippen molar-refractivity contribution in [2.75, 3.05) is 46.0 Å². The van der Waals surface area contributed by atoms with Gasteiger partial charge >= 0.3 is 0 Å². The zero-order valence-corrected chi connectivity index (χ0v) is 12.6. The molecule has 1 aromatic carbocycles. The summed E-state index contributed by atoms with van der Waals surface area (Å²) in [5, 5.41) is 9.63. The molecule has 0 atom stereocenters. The summed E-state index contributed by atoms with van der Waals surface area (Å²) in [4.78, 5) is 6.85. The maximum Gasteiger partial charge on any atom is 0.161 e. The molecule has 0 bridgehead atoms. The Hall–Kier alpha value is -1.59. The molecule has 0 amide bonds. The third kappa shape index (κ3) is 5.36. The van der Waals surface area contributed by atoms with E-state index in [1.165, 1.54) is 0 Å². The molecule has 0 spiro atoms. The fourth-order valence-electron chi connectivity index (χ4n) is 2.26. The summed E-state index contributed by atoms with van der Waals surface area (Å²) in [6, 6.07) is 5.29. The van der Waals surface area contributed by atoms with Gasteiger partial charge in [0.25, 0.3) is 0 Å². The van der Waals surface area contributed by atoms with Crippen LogP contribution in [-0.2, 0) is 4.74 Å². The van der Waals surface area contributed by atoms with Crippen LogP contribution in [0.25, 0.3) is 0 Å². The van der Waals surface area contributed by atoms with Gasteiger partial charge in [0.15, 0.2) is 11.5 Å². The lowest BCUT2D eigenvalue weighted by Gasteiger charge is -2.26. The topological polar surface area (TPSA) is 54.3 Å². The summed E-state index contributed by atoms with van der Waals surface area (Å²) in [5.41, 5.74) is 0.947. The van der Waals surface area contributed by atoms with Gasteiger partial charge in [0.2, 0.25) is 0 Å². The number of morpholine rings is 1. The van der Waals surface area contributed by atoms with Crippen molar-refractivity contribution in [3.8, 4) is 11.5 Å². The Morgan fingerprint density at radius 1 is 1.38 bits per heavy atom. The molecule has 0 unspecified atom stereocenters. The Morgan fingerprint density at radius 3 is 2.95 bits per heavy atom. The molecule has 0 saturated carbocycles. The third-order valence-electron chi connectivity index (χ3n) is 3.39. The normalized spacial score (nSPS) is 16.4. The first-order valence-electron chi connectivity index (χ1n) is 7.55. The van der Waals surface area contributed by atoms with Gasteiger partial charge in [0, 0.05) is 32.4 Å². The molecule has 1 fully saturated rings. The molecular formula is C16H24N2O3. The molecule has 0 aromatic heterocycles. The van der Waals surface area contributed by atoms with Crippen molar-refractivity contribution in [2.24, 2.45) is 4.99 Å². The largest absolute Gasteiger partial charge is 0.504 e. The average molecular weight is 292 g/mol. The molecule has 2 rings (SSSR count). The molecule has 0 radical (unpaired) electrons. The maximum absolute atomic E-state index is 9.63. The zero-order valence-electron chi connectivity index (χ0n) is 12.6. The van der Waals surface area contributed by atoms with Gasteiger partial charge in [-0.25, -0.2) is 0 Å². The monoisotopic (exact) mass is 292 g/mol. The fourth-order valence-corrected chi connectivity index (χ4v) is 2.26. The van der Waals surface area contributed by atoms with E-state index in [9.17, 15) is 5.11 Å². The van der Waals surface area contributed by atoms with Gasteiger partial charge in [-0.2, -0.15) is 0 Å². The highest BCUT2D eigenvalue weighted by molar-refractivity contribution is 5.80. The maximum atomic E-state index is 9.63. The number of phenols is 1. The minimum absolute atomic E-state index is 0.168. The lowest BCUT2D eigenvalue weighted by atomic mass is 10.2. The van der Waals surface area contributed by atoms with Crippen LogP contribution >= 0.6 is 0 Å². The van der Waals surface area contributed by atoms with Crippen LogP contribution in [0.5, 0.6) is 11.5 Å². The van der Waals surface area contributed by atoms with Crippen LogP contribution in [0.15, 0.2) is 23.2 Å².